The largest absolute Gasteiger partial charge is 0.416 e. The van der Waals surface area contributed by atoms with E-state index >= 15 is 0 Å². The van der Waals surface area contributed by atoms with E-state index in [4.69, 9.17) is 0 Å². The maximum absolute atomic E-state index is 13.4. The normalized spacial score (nSPS) is 13.5. The van der Waals surface area contributed by atoms with Crippen LogP contribution in [0.4, 0.5) is 18.9 Å². The summed E-state index contributed by atoms with van der Waals surface area (Å²) in [5.74, 6) is -0.555. The van der Waals surface area contributed by atoms with Crippen molar-refractivity contribution in [3.8, 4) is 11.3 Å². The van der Waals surface area contributed by atoms with Gasteiger partial charge in [-0.3, -0.25) is 9.59 Å². The molecule has 0 fully saturated rings. The number of halogens is 3. The fourth-order valence-electron chi connectivity index (χ4n) is 4.23. The zero-order valence-electron chi connectivity index (χ0n) is 18.4. The Morgan fingerprint density at radius 2 is 1.94 bits per heavy atom. The molecule has 0 spiro atoms. The number of hydrogen-bond donors (Lipinski definition) is 2. The Morgan fingerprint density at radius 3 is 2.67 bits per heavy atom. The van der Waals surface area contributed by atoms with Crippen molar-refractivity contribution in [2.75, 3.05) is 32.5 Å². The van der Waals surface area contributed by atoms with E-state index in [0.29, 0.717) is 40.0 Å². The Balaban J connectivity index is 1.82. The number of nitrogens with zero attached hydrogens (tertiary/aromatic N) is 2. The van der Waals surface area contributed by atoms with Gasteiger partial charge in [-0.2, -0.15) is 13.2 Å². The highest BCUT2D eigenvalue weighted by Crippen LogP contribution is 2.41. The van der Waals surface area contributed by atoms with Gasteiger partial charge in [-0.25, -0.2) is 0 Å². The van der Waals surface area contributed by atoms with Crippen molar-refractivity contribution in [2.24, 2.45) is 0 Å². The van der Waals surface area contributed by atoms with Crippen LogP contribution in [0.3, 0.4) is 0 Å². The number of anilines is 1. The summed E-state index contributed by atoms with van der Waals surface area (Å²) >= 11 is 0. The lowest BCUT2D eigenvalue weighted by atomic mass is 10.0. The molecule has 4 rings (SSSR count). The third kappa shape index (κ3) is 4.73. The van der Waals surface area contributed by atoms with Crippen LogP contribution in [0.5, 0.6) is 0 Å². The molecule has 1 aliphatic heterocycles. The second kappa shape index (κ2) is 8.90. The third-order valence-electron chi connectivity index (χ3n) is 5.70. The van der Waals surface area contributed by atoms with Crippen LogP contribution in [0.1, 0.15) is 17.5 Å². The standard InChI is InChI=1S/C24H25F3N4O2/c1-30(2)11-5-10-28-22(33)14-31-20-9-8-15(24(25,26)27)12-17(20)18-13-21(32)29-19-7-4-3-6-16(19)23(18)31/h3-4,6-9,12H,5,10-11,13-14H2,1-2H3,(H,28,33)(H,29,32). The smallest absolute Gasteiger partial charge is 0.355 e. The fraction of sp³-hybridized carbons (Fsp3) is 0.333. The minimum atomic E-state index is -4.52. The predicted octanol–water partition coefficient (Wildman–Crippen LogP) is 3.89. The summed E-state index contributed by atoms with van der Waals surface area (Å²) < 4.78 is 42.0. The van der Waals surface area contributed by atoms with E-state index in [1.807, 2.05) is 19.0 Å². The summed E-state index contributed by atoms with van der Waals surface area (Å²) in [5.41, 5.74) is 2.00. The van der Waals surface area contributed by atoms with Gasteiger partial charge in [0.25, 0.3) is 0 Å². The number of carbonyl (C=O) groups is 2. The lowest BCUT2D eigenvalue weighted by Gasteiger charge is -2.14. The number of rotatable bonds is 6. The Hall–Kier alpha value is -3.33. The van der Waals surface area contributed by atoms with Crippen molar-refractivity contribution >= 4 is 28.4 Å². The lowest BCUT2D eigenvalue weighted by Crippen LogP contribution is -2.30. The summed E-state index contributed by atoms with van der Waals surface area (Å²) in [6.45, 7) is 1.25. The number of hydrogen-bond acceptors (Lipinski definition) is 3. The topological polar surface area (TPSA) is 66.4 Å². The van der Waals surface area contributed by atoms with Gasteiger partial charge >= 0.3 is 6.18 Å². The summed E-state index contributed by atoms with van der Waals surface area (Å²) in [4.78, 5) is 27.4. The summed E-state index contributed by atoms with van der Waals surface area (Å²) in [5, 5.41) is 6.03. The van der Waals surface area contributed by atoms with Crippen molar-refractivity contribution < 1.29 is 22.8 Å². The van der Waals surface area contributed by atoms with Gasteiger partial charge in [-0.15, -0.1) is 0 Å². The van der Waals surface area contributed by atoms with Crippen molar-refractivity contribution in [1.29, 1.82) is 0 Å². The van der Waals surface area contributed by atoms with Gasteiger partial charge in [0.1, 0.15) is 6.54 Å². The van der Waals surface area contributed by atoms with Crippen molar-refractivity contribution in [3.05, 3.63) is 53.6 Å². The lowest BCUT2D eigenvalue weighted by molar-refractivity contribution is -0.137. The Kier molecular flexibility index (Phi) is 6.16. The first-order chi connectivity index (χ1) is 15.6. The molecule has 0 unspecified atom stereocenters. The van der Waals surface area contributed by atoms with Gasteiger partial charge in [0.2, 0.25) is 11.8 Å². The van der Waals surface area contributed by atoms with E-state index in [1.54, 1.807) is 28.8 Å². The zero-order valence-corrected chi connectivity index (χ0v) is 18.4. The van der Waals surface area contributed by atoms with Gasteiger partial charge in [0.15, 0.2) is 0 Å². The molecule has 0 aliphatic carbocycles. The van der Waals surface area contributed by atoms with Crippen LogP contribution in [-0.4, -0.2) is 48.5 Å². The van der Waals surface area contributed by atoms with Crippen molar-refractivity contribution in [3.63, 3.8) is 0 Å². The fourth-order valence-corrected chi connectivity index (χ4v) is 4.23. The highest BCUT2D eigenvalue weighted by Gasteiger charge is 2.33. The van der Waals surface area contributed by atoms with Gasteiger partial charge in [0, 0.05) is 23.0 Å². The van der Waals surface area contributed by atoms with Crippen LogP contribution < -0.4 is 10.6 Å². The monoisotopic (exact) mass is 458 g/mol. The predicted molar refractivity (Wildman–Crippen MR) is 121 cm³/mol. The average molecular weight is 458 g/mol. The first-order valence-corrected chi connectivity index (χ1v) is 10.7. The molecule has 1 aromatic heterocycles. The molecule has 0 atom stereocenters. The van der Waals surface area contributed by atoms with Gasteiger partial charge in [-0.05, 0) is 56.9 Å². The Bertz CT molecular complexity index is 1210. The molecule has 2 heterocycles. The molecule has 0 saturated heterocycles. The summed E-state index contributed by atoms with van der Waals surface area (Å²) in [6.07, 6.45) is -3.82. The molecule has 33 heavy (non-hydrogen) atoms. The molecule has 2 amide bonds. The number of fused-ring (bicyclic) bond motifs is 5. The van der Waals surface area contributed by atoms with Crippen LogP contribution in [0.15, 0.2) is 42.5 Å². The molecule has 0 saturated carbocycles. The molecule has 0 radical (unpaired) electrons. The van der Waals surface area contributed by atoms with Crippen molar-refractivity contribution in [2.45, 2.75) is 25.6 Å². The van der Waals surface area contributed by atoms with Crippen LogP contribution >= 0.6 is 0 Å². The molecule has 174 valence electrons. The number of amides is 2. The molecule has 3 aromatic rings. The van der Waals surface area contributed by atoms with Crippen LogP contribution in [-0.2, 0) is 28.7 Å². The van der Waals surface area contributed by atoms with Gasteiger partial charge in [0.05, 0.1) is 23.4 Å². The van der Waals surface area contributed by atoms with Gasteiger partial charge in [-0.1, -0.05) is 18.2 Å². The van der Waals surface area contributed by atoms with E-state index in [2.05, 4.69) is 10.6 Å². The number of aromatic nitrogens is 1. The van der Waals surface area contributed by atoms with E-state index in [0.717, 1.165) is 25.1 Å². The molecule has 0 bridgehead atoms. The second-order valence-corrected chi connectivity index (χ2v) is 8.42. The molecule has 9 heteroatoms. The maximum atomic E-state index is 13.4. The van der Waals surface area contributed by atoms with Gasteiger partial charge < -0.3 is 20.1 Å². The first-order valence-electron chi connectivity index (χ1n) is 10.7. The Morgan fingerprint density at radius 1 is 1.18 bits per heavy atom. The minimum absolute atomic E-state index is 0.0678. The molecule has 1 aliphatic rings. The van der Waals surface area contributed by atoms with Crippen LogP contribution in [0.25, 0.3) is 22.2 Å². The number of nitrogens with one attached hydrogen (secondary N) is 2. The number of para-hydroxylation sites is 1. The zero-order chi connectivity index (χ0) is 23.8. The molecule has 2 aromatic carbocycles. The van der Waals surface area contributed by atoms with E-state index in [-0.39, 0.29) is 24.8 Å². The van der Waals surface area contributed by atoms with Crippen LogP contribution in [0, 0.1) is 0 Å². The Labute approximate surface area is 189 Å². The first kappa shape index (κ1) is 22.8. The van der Waals surface area contributed by atoms with E-state index in [1.165, 1.54) is 6.07 Å². The van der Waals surface area contributed by atoms with E-state index in [9.17, 15) is 22.8 Å². The summed E-state index contributed by atoms with van der Waals surface area (Å²) in [6, 6.07) is 10.6. The molecular formula is C24H25F3N4O2. The number of benzene rings is 2. The summed E-state index contributed by atoms with van der Waals surface area (Å²) in [7, 11) is 3.90. The highest BCUT2D eigenvalue weighted by atomic mass is 19.4. The van der Waals surface area contributed by atoms with Crippen molar-refractivity contribution in [1.82, 2.24) is 14.8 Å². The molecule has 6 nitrogen and oxygen atoms in total. The third-order valence-corrected chi connectivity index (χ3v) is 5.70. The van der Waals surface area contributed by atoms with E-state index < -0.39 is 11.7 Å². The highest BCUT2D eigenvalue weighted by molar-refractivity contribution is 6.06. The molecule has 2 N–H and O–H groups in total. The minimum Gasteiger partial charge on any atom is -0.355 e. The number of carbonyl (C=O) groups excluding carboxylic acids is 2. The molecular weight excluding hydrogens is 433 g/mol. The SMILES string of the molecule is CN(C)CCCNC(=O)Cn1c2c(c3cc(C(F)(F)F)ccc31)CC(=O)Nc1ccccc1-2. The quantitative estimate of drug-likeness (QED) is 0.551. The second-order valence-electron chi connectivity index (χ2n) is 8.42. The maximum Gasteiger partial charge on any atom is 0.416 e. The van der Waals surface area contributed by atoms with Crippen LogP contribution in [0.2, 0.25) is 0 Å². The number of alkyl halides is 3. The average Bonchev–Trinajstić information content (AvgIpc) is 2.93.